The Balaban J connectivity index is 2.71. The number of aromatic nitrogens is 1. The lowest BCUT2D eigenvalue weighted by Crippen LogP contribution is -1.70. The van der Waals surface area contributed by atoms with Gasteiger partial charge in [0.15, 0.2) is 12.2 Å². The molecule has 1 heterocycles. The van der Waals surface area contributed by atoms with Crippen molar-refractivity contribution in [2.75, 3.05) is 0 Å². The fourth-order valence-corrected chi connectivity index (χ4v) is 0.641. The molecule has 1 aromatic rings. The molecule has 2 nitrogen and oxygen atoms in total. The monoisotopic (exact) mass is 147 g/mol. The maximum atomic E-state index is 5.00. The van der Waals surface area contributed by atoms with Crippen molar-refractivity contribution < 1.29 is 4.42 Å². The lowest BCUT2D eigenvalue weighted by Gasteiger charge is -1.89. The molecule has 0 unspecified atom stereocenters. The van der Waals surface area contributed by atoms with Crippen molar-refractivity contribution in [2.45, 2.75) is 0 Å². The SMILES string of the molecule is C=C/C=C\C(=C)c1cnco1. The van der Waals surface area contributed by atoms with Gasteiger partial charge in [-0.1, -0.05) is 31.4 Å². The summed E-state index contributed by atoms with van der Waals surface area (Å²) in [5, 5.41) is 0. The smallest absolute Gasteiger partial charge is 0.181 e. The Bertz CT molecular complexity index is 270. The van der Waals surface area contributed by atoms with Crippen LogP contribution < -0.4 is 0 Å². The molecule has 0 N–H and O–H groups in total. The molecule has 0 aromatic carbocycles. The minimum Gasteiger partial charge on any atom is -0.444 e. The van der Waals surface area contributed by atoms with Crippen LogP contribution in [0.3, 0.4) is 0 Å². The highest BCUT2D eigenvalue weighted by atomic mass is 16.3. The zero-order chi connectivity index (χ0) is 8.10. The predicted octanol–water partition coefficient (Wildman–Crippen LogP) is 2.43. The van der Waals surface area contributed by atoms with E-state index >= 15 is 0 Å². The van der Waals surface area contributed by atoms with Gasteiger partial charge in [0.2, 0.25) is 0 Å². The summed E-state index contributed by atoms with van der Waals surface area (Å²) < 4.78 is 5.00. The van der Waals surface area contributed by atoms with E-state index in [0.717, 1.165) is 5.57 Å². The van der Waals surface area contributed by atoms with Gasteiger partial charge in [-0.25, -0.2) is 4.98 Å². The molecule has 56 valence electrons. The topological polar surface area (TPSA) is 26.0 Å². The first-order chi connectivity index (χ1) is 5.34. The largest absolute Gasteiger partial charge is 0.444 e. The molecule has 0 atom stereocenters. The molecule has 0 aliphatic carbocycles. The summed E-state index contributed by atoms with van der Waals surface area (Å²) in [7, 11) is 0. The van der Waals surface area contributed by atoms with E-state index in [1.54, 1.807) is 18.3 Å². The minimum absolute atomic E-state index is 0.683. The van der Waals surface area contributed by atoms with Crippen molar-refractivity contribution in [3.63, 3.8) is 0 Å². The predicted molar refractivity (Wildman–Crippen MR) is 44.9 cm³/mol. The molecule has 0 aliphatic rings. The van der Waals surface area contributed by atoms with Crippen LogP contribution in [0.15, 0.2) is 48.4 Å². The highest BCUT2D eigenvalue weighted by Crippen LogP contribution is 2.11. The fraction of sp³-hybridized carbons (Fsp3) is 0. The molecule has 0 radical (unpaired) electrons. The van der Waals surface area contributed by atoms with Crippen LogP contribution in [-0.4, -0.2) is 4.98 Å². The third kappa shape index (κ3) is 1.93. The summed E-state index contributed by atoms with van der Waals surface area (Å²) in [6, 6.07) is 0. The number of allylic oxidation sites excluding steroid dienone is 4. The quantitative estimate of drug-likeness (QED) is 0.613. The second kappa shape index (κ2) is 3.56. The van der Waals surface area contributed by atoms with Gasteiger partial charge in [-0.2, -0.15) is 0 Å². The Kier molecular flexibility index (Phi) is 2.44. The van der Waals surface area contributed by atoms with E-state index in [4.69, 9.17) is 4.42 Å². The van der Waals surface area contributed by atoms with E-state index in [2.05, 4.69) is 18.1 Å². The lowest BCUT2D eigenvalue weighted by atomic mass is 10.2. The number of hydrogen-bond donors (Lipinski definition) is 0. The number of hydrogen-bond acceptors (Lipinski definition) is 2. The average Bonchev–Trinajstić information content (AvgIpc) is 2.52. The van der Waals surface area contributed by atoms with Gasteiger partial charge in [0.05, 0.1) is 6.20 Å². The summed E-state index contributed by atoms with van der Waals surface area (Å²) in [5.41, 5.74) is 0.794. The summed E-state index contributed by atoms with van der Waals surface area (Å²) in [4.78, 5) is 3.76. The molecular weight excluding hydrogens is 138 g/mol. The fourth-order valence-electron chi connectivity index (χ4n) is 0.641. The van der Waals surface area contributed by atoms with Gasteiger partial charge in [0, 0.05) is 5.57 Å². The van der Waals surface area contributed by atoms with Gasteiger partial charge >= 0.3 is 0 Å². The van der Waals surface area contributed by atoms with Crippen molar-refractivity contribution in [3.05, 3.63) is 49.7 Å². The molecule has 1 rings (SSSR count). The van der Waals surface area contributed by atoms with Gasteiger partial charge in [-0.15, -0.1) is 0 Å². The van der Waals surface area contributed by atoms with E-state index in [1.165, 1.54) is 6.39 Å². The maximum Gasteiger partial charge on any atom is 0.181 e. The summed E-state index contributed by atoms with van der Waals surface area (Å²) >= 11 is 0. The normalized spacial score (nSPS) is 10.2. The van der Waals surface area contributed by atoms with Gasteiger partial charge < -0.3 is 4.42 Å². The molecule has 0 aliphatic heterocycles. The molecule has 0 spiro atoms. The summed E-state index contributed by atoms with van der Waals surface area (Å²) in [6.07, 6.45) is 8.29. The van der Waals surface area contributed by atoms with Gasteiger partial charge in [0.25, 0.3) is 0 Å². The second-order valence-corrected chi connectivity index (χ2v) is 1.99. The molecule has 11 heavy (non-hydrogen) atoms. The van der Waals surface area contributed by atoms with Gasteiger partial charge in [-0.05, 0) is 0 Å². The number of oxazole rings is 1. The third-order valence-corrected chi connectivity index (χ3v) is 1.18. The van der Waals surface area contributed by atoms with Crippen LogP contribution in [0.25, 0.3) is 5.57 Å². The van der Waals surface area contributed by atoms with E-state index in [1.807, 2.05) is 6.08 Å². The molecule has 0 saturated heterocycles. The molecule has 0 amide bonds. The van der Waals surface area contributed by atoms with Gasteiger partial charge in [0.1, 0.15) is 0 Å². The number of nitrogens with zero attached hydrogens (tertiary/aromatic N) is 1. The molecule has 2 heteroatoms. The minimum atomic E-state index is 0.683. The Labute approximate surface area is 65.6 Å². The molecular formula is C9H9NO. The summed E-state index contributed by atoms with van der Waals surface area (Å²) in [5.74, 6) is 0.683. The van der Waals surface area contributed by atoms with Crippen LogP contribution in [0.2, 0.25) is 0 Å². The van der Waals surface area contributed by atoms with Crippen LogP contribution in [0, 0.1) is 0 Å². The van der Waals surface area contributed by atoms with Crippen molar-refractivity contribution >= 4 is 5.57 Å². The molecule has 1 aromatic heterocycles. The standard InChI is InChI=1S/C9H9NO/c1-3-4-5-8(2)9-6-10-7-11-9/h3-7H,1-2H2/b5-4-. The lowest BCUT2D eigenvalue weighted by molar-refractivity contribution is 0.546. The Hall–Kier alpha value is -1.57. The van der Waals surface area contributed by atoms with Gasteiger partial charge in [-0.3, -0.25) is 0 Å². The van der Waals surface area contributed by atoms with Crippen molar-refractivity contribution in [1.82, 2.24) is 4.98 Å². The summed E-state index contributed by atoms with van der Waals surface area (Å²) in [6.45, 7) is 7.31. The third-order valence-electron chi connectivity index (χ3n) is 1.18. The first-order valence-electron chi connectivity index (χ1n) is 3.21. The van der Waals surface area contributed by atoms with E-state index in [9.17, 15) is 0 Å². The Morgan fingerprint density at radius 1 is 1.64 bits per heavy atom. The van der Waals surface area contributed by atoms with Crippen LogP contribution in [0.1, 0.15) is 5.76 Å². The maximum absolute atomic E-state index is 5.00. The zero-order valence-corrected chi connectivity index (χ0v) is 6.16. The highest BCUT2D eigenvalue weighted by molar-refractivity contribution is 5.67. The molecule has 0 fully saturated rings. The Morgan fingerprint density at radius 3 is 3.00 bits per heavy atom. The van der Waals surface area contributed by atoms with Crippen molar-refractivity contribution in [3.8, 4) is 0 Å². The second-order valence-electron chi connectivity index (χ2n) is 1.99. The highest BCUT2D eigenvalue weighted by Gasteiger charge is 1.95. The first kappa shape index (κ1) is 7.54. The molecule has 0 saturated carbocycles. The van der Waals surface area contributed by atoms with Crippen molar-refractivity contribution in [2.24, 2.45) is 0 Å². The zero-order valence-electron chi connectivity index (χ0n) is 6.16. The average molecular weight is 147 g/mol. The first-order valence-corrected chi connectivity index (χ1v) is 3.21. The van der Waals surface area contributed by atoms with E-state index in [-0.39, 0.29) is 0 Å². The van der Waals surface area contributed by atoms with Crippen molar-refractivity contribution in [1.29, 1.82) is 0 Å². The van der Waals surface area contributed by atoms with Crippen LogP contribution in [-0.2, 0) is 0 Å². The van der Waals surface area contributed by atoms with Crippen LogP contribution in [0.5, 0.6) is 0 Å². The number of rotatable bonds is 3. The molecule has 0 bridgehead atoms. The van der Waals surface area contributed by atoms with E-state index < -0.39 is 0 Å². The van der Waals surface area contributed by atoms with Crippen LogP contribution >= 0.6 is 0 Å². The van der Waals surface area contributed by atoms with E-state index in [0.29, 0.717) is 5.76 Å². The van der Waals surface area contributed by atoms with Crippen LogP contribution in [0.4, 0.5) is 0 Å². The Morgan fingerprint density at radius 2 is 2.45 bits per heavy atom.